The van der Waals surface area contributed by atoms with Crippen LogP contribution in [0, 0.1) is 5.82 Å². The summed E-state index contributed by atoms with van der Waals surface area (Å²) in [6.07, 6.45) is 0. The quantitative estimate of drug-likeness (QED) is 0.670. The topological polar surface area (TPSA) is 30.5 Å². The molecule has 0 amide bonds. The van der Waals surface area contributed by atoms with Crippen molar-refractivity contribution in [1.29, 1.82) is 0 Å². The molecule has 0 spiro atoms. The Hall–Kier alpha value is -0.780. The number of hydrogen-bond donors (Lipinski definition) is 1. The first kappa shape index (κ1) is 16.3. The summed E-state index contributed by atoms with van der Waals surface area (Å²) in [5.41, 5.74) is 0.906. The molecular formula is C14H22FNO2S. The van der Waals surface area contributed by atoms with Crippen LogP contribution in [0.2, 0.25) is 0 Å². The monoisotopic (exact) mass is 287 g/mol. The summed E-state index contributed by atoms with van der Waals surface area (Å²) >= 11 is 1.78. The normalized spacial score (nSPS) is 10.7. The predicted octanol–water partition coefficient (Wildman–Crippen LogP) is 2.69. The number of thioether (sulfide) groups is 1. The van der Waals surface area contributed by atoms with Gasteiger partial charge in [-0.3, -0.25) is 0 Å². The number of benzene rings is 1. The standard InChI is InChI=1S/C14H22FNO2S/c1-3-19-9-8-18-14-5-4-12(10-13(14)15)11-16-6-7-17-2/h4-5,10,16H,3,6-9,11H2,1-2H3. The third-order valence-electron chi connectivity index (χ3n) is 2.50. The van der Waals surface area contributed by atoms with Crippen LogP contribution in [0.1, 0.15) is 12.5 Å². The fourth-order valence-corrected chi connectivity index (χ4v) is 2.02. The number of halogens is 1. The molecule has 0 aliphatic heterocycles. The van der Waals surface area contributed by atoms with Gasteiger partial charge in [0.1, 0.15) is 0 Å². The highest BCUT2D eigenvalue weighted by molar-refractivity contribution is 7.99. The van der Waals surface area contributed by atoms with Crippen molar-refractivity contribution in [2.75, 3.05) is 38.4 Å². The van der Waals surface area contributed by atoms with E-state index in [2.05, 4.69) is 12.2 Å². The Morgan fingerprint density at radius 2 is 2.16 bits per heavy atom. The van der Waals surface area contributed by atoms with Gasteiger partial charge in [0.2, 0.25) is 0 Å². The van der Waals surface area contributed by atoms with Gasteiger partial charge in [-0.15, -0.1) is 0 Å². The van der Waals surface area contributed by atoms with Crippen LogP contribution in [-0.4, -0.2) is 38.4 Å². The number of methoxy groups -OCH3 is 1. The zero-order chi connectivity index (χ0) is 13.9. The lowest BCUT2D eigenvalue weighted by molar-refractivity contribution is 0.199. The molecule has 0 aromatic heterocycles. The second kappa shape index (κ2) is 10.1. The van der Waals surface area contributed by atoms with Crippen LogP contribution < -0.4 is 10.1 Å². The van der Waals surface area contributed by atoms with Crippen molar-refractivity contribution in [3.8, 4) is 5.75 Å². The predicted molar refractivity (Wildman–Crippen MR) is 78.5 cm³/mol. The van der Waals surface area contributed by atoms with Gasteiger partial charge in [-0.05, 0) is 23.4 Å². The summed E-state index contributed by atoms with van der Waals surface area (Å²) in [7, 11) is 1.66. The Balaban J connectivity index is 2.36. The van der Waals surface area contributed by atoms with E-state index >= 15 is 0 Å². The van der Waals surface area contributed by atoms with Gasteiger partial charge in [-0.1, -0.05) is 13.0 Å². The summed E-state index contributed by atoms with van der Waals surface area (Å²) in [5.74, 6) is 1.97. The maximum atomic E-state index is 13.8. The van der Waals surface area contributed by atoms with Crippen molar-refractivity contribution in [3.63, 3.8) is 0 Å². The van der Waals surface area contributed by atoms with E-state index in [1.807, 2.05) is 6.07 Å². The molecule has 0 aliphatic carbocycles. The highest BCUT2D eigenvalue weighted by Gasteiger charge is 2.04. The second-order valence-electron chi connectivity index (χ2n) is 3.98. The van der Waals surface area contributed by atoms with Gasteiger partial charge in [0, 0.05) is 26.0 Å². The van der Waals surface area contributed by atoms with E-state index in [0.29, 0.717) is 25.5 Å². The molecule has 1 rings (SSSR count). The molecule has 0 atom stereocenters. The third kappa shape index (κ3) is 6.80. The molecule has 0 saturated carbocycles. The van der Waals surface area contributed by atoms with Gasteiger partial charge in [0.25, 0.3) is 0 Å². The number of rotatable bonds is 10. The molecular weight excluding hydrogens is 265 g/mol. The molecule has 0 aliphatic rings. The van der Waals surface area contributed by atoms with Crippen LogP contribution in [-0.2, 0) is 11.3 Å². The van der Waals surface area contributed by atoms with Crippen molar-refractivity contribution in [2.45, 2.75) is 13.5 Å². The lowest BCUT2D eigenvalue weighted by atomic mass is 10.2. The zero-order valence-electron chi connectivity index (χ0n) is 11.6. The third-order valence-corrected chi connectivity index (χ3v) is 3.36. The van der Waals surface area contributed by atoms with E-state index < -0.39 is 0 Å². The molecule has 0 radical (unpaired) electrons. The van der Waals surface area contributed by atoms with Crippen LogP contribution >= 0.6 is 11.8 Å². The lowest BCUT2D eigenvalue weighted by Crippen LogP contribution is -2.18. The lowest BCUT2D eigenvalue weighted by Gasteiger charge is -2.09. The maximum absolute atomic E-state index is 13.8. The van der Waals surface area contributed by atoms with Crippen molar-refractivity contribution < 1.29 is 13.9 Å². The zero-order valence-corrected chi connectivity index (χ0v) is 12.4. The van der Waals surface area contributed by atoms with Gasteiger partial charge in [0.05, 0.1) is 13.2 Å². The Kier molecular flexibility index (Phi) is 8.62. The number of ether oxygens (including phenoxy) is 2. The Morgan fingerprint density at radius 3 is 2.84 bits per heavy atom. The molecule has 0 unspecified atom stereocenters. The summed E-state index contributed by atoms with van der Waals surface area (Å²) in [6, 6.07) is 5.09. The van der Waals surface area contributed by atoms with E-state index in [1.165, 1.54) is 6.07 Å². The molecule has 0 bridgehead atoms. The Morgan fingerprint density at radius 1 is 1.32 bits per heavy atom. The molecule has 1 aromatic carbocycles. The minimum atomic E-state index is -0.299. The van der Waals surface area contributed by atoms with E-state index in [9.17, 15) is 4.39 Å². The summed E-state index contributed by atoms with van der Waals surface area (Å²) in [6.45, 7) is 4.67. The molecule has 0 fully saturated rings. The first-order valence-electron chi connectivity index (χ1n) is 6.46. The smallest absolute Gasteiger partial charge is 0.165 e. The average Bonchev–Trinajstić information content (AvgIpc) is 2.42. The van der Waals surface area contributed by atoms with Crippen molar-refractivity contribution in [1.82, 2.24) is 5.32 Å². The minimum absolute atomic E-state index is 0.299. The highest BCUT2D eigenvalue weighted by Crippen LogP contribution is 2.18. The van der Waals surface area contributed by atoms with Gasteiger partial charge >= 0.3 is 0 Å². The van der Waals surface area contributed by atoms with Gasteiger partial charge in [-0.25, -0.2) is 4.39 Å². The van der Waals surface area contributed by atoms with Gasteiger partial charge in [0.15, 0.2) is 11.6 Å². The second-order valence-corrected chi connectivity index (χ2v) is 5.37. The van der Waals surface area contributed by atoms with Crippen LogP contribution in [0.3, 0.4) is 0 Å². The SMILES string of the molecule is CCSCCOc1ccc(CNCCOC)cc1F. The molecule has 5 heteroatoms. The molecule has 0 saturated heterocycles. The first-order valence-corrected chi connectivity index (χ1v) is 7.62. The van der Waals surface area contributed by atoms with E-state index in [1.54, 1.807) is 24.9 Å². The van der Waals surface area contributed by atoms with Gasteiger partial charge < -0.3 is 14.8 Å². The molecule has 1 N–H and O–H groups in total. The van der Waals surface area contributed by atoms with Crippen molar-refractivity contribution in [3.05, 3.63) is 29.6 Å². The first-order chi connectivity index (χ1) is 9.27. The number of nitrogens with one attached hydrogen (secondary N) is 1. The Labute approximate surface area is 118 Å². The van der Waals surface area contributed by atoms with E-state index in [4.69, 9.17) is 9.47 Å². The highest BCUT2D eigenvalue weighted by atomic mass is 32.2. The maximum Gasteiger partial charge on any atom is 0.165 e. The summed E-state index contributed by atoms with van der Waals surface area (Å²) < 4.78 is 24.1. The fraction of sp³-hybridized carbons (Fsp3) is 0.571. The van der Waals surface area contributed by atoms with Crippen LogP contribution in [0.4, 0.5) is 4.39 Å². The molecule has 108 valence electrons. The average molecular weight is 287 g/mol. The van der Waals surface area contributed by atoms with Crippen LogP contribution in [0.25, 0.3) is 0 Å². The molecule has 19 heavy (non-hydrogen) atoms. The van der Waals surface area contributed by atoms with E-state index in [-0.39, 0.29) is 5.82 Å². The summed E-state index contributed by atoms with van der Waals surface area (Å²) in [4.78, 5) is 0. The van der Waals surface area contributed by atoms with Crippen molar-refractivity contribution >= 4 is 11.8 Å². The molecule has 0 heterocycles. The van der Waals surface area contributed by atoms with Gasteiger partial charge in [-0.2, -0.15) is 11.8 Å². The summed E-state index contributed by atoms with van der Waals surface area (Å²) in [5, 5.41) is 3.17. The van der Waals surface area contributed by atoms with Crippen LogP contribution in [0.5, 0.6) is 5.75 Å². The number of hydrogen-bond acceptors (Lipinski definition) is 4. The fourth-order valence-electron chi connectivity index (χ4n) is 1.53. The van der Waals surface area contributed by atoms with E-state index in [0.717, 1.165) is 23.6 Å². The molecule has 3 nitrogen and oxygen atoms in total. The Bertz CT molecular complexity index is 363. The molecule has 1 aromatic rings. The van der Waals surface area contributed by atoms with Crippen LogP contribution in [0.15, 0.2) is 18.2 Å². The van der Waals surface area contributed by atoms with Crippen molar-refractivity contribution in [2.24, 2.45) is 0 Å². The minimum Gasteiger partial charge on any atom is -0.490 e. The largest absolute Gasteiger partial charge is 0.490 e.